The van der Waals surface area contributed by atoms with Gasteiger partial charge >= 0.3 is 0 Å². The molecule has 32 heavy (non-hydrogen) atoms. The summed E-state index contributed by atoms with van der Waals surface area (Å²) in [7, 11) is 0. The molecule has 178 valence electrons. The highest BCUT2D eigenvalue weighted by Gasteiger charge is 2.60. The van der Waals surface area contributed by atoms with Gasteiger partial charge in [0.1, 0.15) is 0 Å². The van der Waals surface area contributed by atoms with Gasteiger partial charge in [0, 0.05) is 5.92 Å². The van der Waals surface area contributed by atoms with Gasteiger partial charge in [0.2, 0.25) is 0 Å². The van der Waals surface area contributed by atoms with E-state index in [1.165, 1.54) is 51.4 Å². The second kappa shape index (κ2) is 8.17. The Morgan fingerprint density at radius 3 is 2.62 bits per heavy atom. The van der Waals surface area contributed by atoms with Gasteiger partial charge in [-0.1, -0.05) is 27.2 Å². The van der Waals surface area contributed by atoms with Crippen molar-refractivity contribution in [3.63, 3.8) is 0 Å². The van der Waals surface area contributed by atoms with E-state index >= 15 is 0 Å². The number of hydrogen-bond acceptors (Lipinski definition) is 3. The van der Waals surface area contributed by atoms with Gasteiger partial charge in [0.25, 0.3) is 0 Å². The van der Waals surface area contributed by atoms with E-state index in [0.717, 1.165) is 41.8 Å². The molecule has 8 atom stereocenters. The largest absolute Gasteiger partial charge is 0.488 e. The Balaban J connectivity index is 1.29. The van der Waals surface area contributed by atoms with Crippen LogP contribution in [-0.4, -0.2) is 21.7 Å². The first-order valence-corrected chi connectivity index (χ1v) is 13.4. The molecule has 0 aliphatic heterocycles. The number of rotatable bonds is 5. The average molecular weight is 441 g/mol. The van der Waals surface area contributed by atoms with Crippen LogP contribution in [0.3, 0.4) is 0 Å². The van der Waals surface area contributed by atoms with Crippen LogP contribution in [0.1, 0.15) is 92.4 Å². The Morgan fingerprint density at radius 2 is 1.84 bits per heavy atom. The van der Waals surface area contributed by atoms with Crippen LogP contribution in [0, 0.1) is 46.3 Å². The molecule has 5 unspecified atom stereocenters. The van der Waals surface area contributed by atoms with E-state index in [1.54, 1.807) is 10.9 Å². The van der Waals surface area contributed by atoms with Crippen LogP contribution in [0.4, 0.5) is 0 Å². The Bertz CT molecular complexity index is 846. The molecular formula is C28H44N2O2. The van der Waals surface area contributed by atoms with E-state index in [9.17, 15) is 4.79 Å². The first-order valence-electron chi connectivity index (χ1n) is 13.4. The van der Waals surface area contributed by atoms with Gasteiger partial charge in [0.15, 0.2) is 11.5 Å². The minimum absolute atomic E-state index is 0.123. The molecule has 0 N–H and O–H groups in total. The van der Waals surface area contributed by atoms with Crippen LogP contribution < -0.4 is 4.74 Å². The highest BCUT2D eigenvalue weighted by Crippen LogP contribution is 2.67. The molecule has 0 saturated heterocycles. The second-order valence-electron chi connectivity index (χ2n) is 12.7. The Morgan fingerprint density at radius 1 is 1.09 bits per heavy atom. The standard InChI is InChI=1S/C28H44N2O2/c1-18(2)32-21-15-29-30(16-21)17-26(31)25-9-8-23-22-7-6-20-14-19(3)10-12-27(20,4)24(22)11-13-28(23,25)5/h15-16,18-20,22-25H,6-14,17H2,1-5H3/t19?,20?,22-,23?,24?,25+,27-,28?/m0/s1. The van der Waals surface area contributed by atoms with Gasteiger partial charge in [-0.05, 0) is 106 Å². The first kappa shape index (κ1) is 22.5. The fourth-order valence-corrected chi connectivity index (χ4v) is 9.04. The third-order valence-corrected chi connectivity index (χ3v) is 10.6. The monoisotopic (exact) mass is 440 g/mol. The van der Waals surface area contributed by atoms with Crippen molar-refractivity contribution >= 4 is 5.78 Å². The molecule has 1 aromatic heterocycles. The van der Waals surface area contributed by atoms with Gasteiger partial charge in [-0.15, -0.1) is 0 Å². The number of Topliss-reactive ketones (excluding diaryl/α,β-unsaturated/α-hetero) is 1. The maximum atomic E-state index is 13.5. The molecule has 4 aliphatic carbocycles. The zero-order valence-corrected chi connectivity index (χ0v) is 21.0. The first-order chi connectivity index (χ1) is 15.2. The normalized spacial score (nSPS) is 43.4. The molecule has 5 rings (SSSR count). The lowest BCUT2D eigenvalue weighted by Gasteiger charge is -2.61. The number of nitrogens with zero attached hydrogens (tertiary/aromatic N) is 2. The maximum absolute atomic E-state index is 13.5. The molecule has 0 bridgehead atoms. The van der Waals surface area contributed by atoms with Crippen LogP contribution >= 0.6 is 0 Å². The lowest BCUT2D eigenvalue weighted by atomic mass is 9.44. The molecule has 4 saturated carbocycles. The van der Waals surface area contributed by atoms with Crippen molar-refractivity contribution in [2.24, 2.45) is 46.3 Å². The zero-order valence-electron chi connectivity index (χ0n) is 21.0. The SMILES string of the molecule is CC1CC[C@@]2(C)C(CC[C@H]3C4CC[C@H](C(=O)Cn5cc(OC(C)C)cn5)C4(C)CCC32)C1. The predicted octanol–water partition coefficient (Wildman–Crippen LogP) is 6.53. The fourth-order valence-electron chi connectivity index (χ4n) is 9.04. The highest BCUT2D eigenvalue weighted by molar-refractivity contribution is 5.82. The summed E-state index contributed by atoms with van der Waals surface area (Å²) in [5.74, 6) is 5.68. The van der Waals surface area contributed by atoms with Crippen molar-refractivity contribution in [2.75, 3.05) is 0 Å². The molecule has 4 aliphatic rings. The van der Waals surface area contributed by atoms with Crippen molar-refractivity contribution in [3.05, 3.63) is 12.4 Å². The van der Waals surface area contributed by atoms with Crippen molar-refractivity contribution in [3.8, 4) is 5.75 Å². The number of carbonyl (C=O) groups excluding carboxylic acids is 1. The predicted molar refractivity (Wildman–Crippen MR) is 127 cm³/mol. The van der Waals surface area contributed by atoms with E-state index < -0.39 is 0 Å². The lowest BCUT2D eigenvalue weighted by molar-refractivity contribution is -0.137. The summed E-state index contributed by atoms with van der Waals surface area (Å²) in [5, 5.41) is 4.40. The fraction of sp³-hybridized carbons (Fsp3) is 0.857. The molecule has 0 radical (unpaired) electrons. The summed E-state index contributed by atoms with van der Waals surface area (Å²) >= 11 is 0. The molecule has 1 aromatic rings. The highest BCUT2D eigenvalue weighted by atomic mass is 16.5. The van der Waals surface area contributed by atoms with Gasteiger partial charge in [-0.25, -0.2) is 0 Å². The lowest BCUT2D eigenvalue weighted by Crippen LogP contribution is -2.53. The third-order valence-electron chi connectivity index (χ3n) is 10.6. The summed E-state index contributed by atoms with van der Waals surface area (Å²) in [4.78, 5) is 13.5. The van der Waals surface area contributed by atoms with Crippen molar-refractivity contribution in [1.82, 2.24) is 9.78 Å². The molecule has 0 spiro atoms. The van der Waals surface area contributed by atoms with Crippen molar-refractivity contribution < 1.29 is 9.53 Å². The van der Waals surface area contributed by atoms with Gasteiger partial charge < -0.3 is 4.74 Å². The minimum Gasteiger partial charge on any atom is -0.488 e. The number of ketones is 1. The van der Waals surface area contributed by atoms with E-state index in [-0.39, 0.29) is 17.4 Å². The second-order valence-corrected chi connectivity index (χ2v) is 12.7. The van der Waals surface area contributed by atoms with Crippen molar-refractivity contribution in [1.29, 1.82) is 0 Å². The maximum Gasteiger partial charge on any atom is 0.157 e. The van der Waals surface area contributed by atoms with E-state index in [4.69, 9.17) is 4.74 Å². The van der Waals surface area contributed by atoms with Crippen LogP contribution in [0.15, 0.2) is 12.4 Å². The van der Waals surface area contributed by atoms with Gasteiger partial charge in [-0.2, -0.15) is 5.10 Å². The van der Waals surface area contributed by atoms with Crippen molar-refractivity contribution in [2.45, 2.75) is 105 Å². The number of carbonyl (C=O) groups is 1. The summed E-state index contributed by atoms with van der Waals surface area (Å²) in [6, 6.07) is 0. The molecule has 0 amide bonds. The summed E-state index contributed by atoms with van der Waals surface area (Å²) in [6.45, 7) is 12.0. The molecule has 4 heteroatoms. The molecule has 0 aromatic carbocycles. The number of aromatic nitrogens is 2. The van der Waals surface area contributed by atoms with E-state index in [2.05, 4.69) is 25.9 Å². The number of fused-ring (bicyclic) bond motifs is 5. The van der Waals surface area contributed by atoms with Gasteiger partial charge in [-0.3, -0.25) is 9.48 Å². The Hall–Kier alpha value is -1.32. The third kappa shape index (κ3) is 3.64. The van der Waals surface area contributed by atoms with E-state index in [0.29, 0.717) is 17.7 Å². The molecule has 4 nitrogen and oxygen atoms in total. The average Bonchev–Trinajstić information content (AvgIpc) is 3.31. The van der Waals surface area contributed by atoms with E-state index in [1.807, 2.05) is 20.0 Å². The summed E-state index contributed by atoms with van der Waals surface area (Å²) in [6.07, 6.45) is 15.8. The zero-order chi connectivity index (χ0) is 22.7. The van der Waals surface area contributed by atoms with Crippen LogP contribution in [-0.2, 0) is 11.3 Å². The van der Waals surface area contributed by atoms with Crippen LogP contribution in [0.25, 0.3) is 0 Å². The van der Waals surface area contributed by atoms with Crippen LogP contribution in [0.2, 0.25) is 0 Å². The Kier molecular flexibility index (Phi) is 5.73. The minimum atomic E-state index is 0.123. The van der Waals surface area contributed by atoms with Gasteiger partial charge in [0.05, 0.1) is 25.0 Å². The topological polar surface area (TPSA) is 44.1 Å². The molecule has 1 heterocycles. The number of ether oxygens (including phenoxy) is 1. The molecule has 4 fully saturated rings. The Labute approximate surface area is 194 Å². The smallest absolute Gasteiger partial charge is 0.157 e. The molecular weight excluding hydrogens is 396 g/mol. The number of hydrogen-bond donors (Lipinski definition) is 0. The van der Waals surface area contributed by atoms with Crippen LogP contribution in [0.5, 0.6) is 5.75 Å². The summed E-state index contributed by atoms with van der Waals surface area (Å²) in [5.41, 5.74) is 0.745. The summed E-state index contributed by atoms with van der Waals surface area (Å²) < 4.78 is 7.52. The quantitative estimate of drug-likeness (QED) is 0.522.